The number of benzene rings is 1. The third-order valence-electron chi connectivity index (χ3n) is 4.55. The normalized spacial score (nSPS) is 15.3. The van der Waals surface area contributed by atoms with E-state index in [-0.39, 0.29) is 0 Å². The smallest absolute Gasteiger partial charge is 0.134 e. The van der Waals surface area contributed by atoms with Gasteiger partial charge in [0.25, 0.3) is 0 Å². The first-order valence-electron chi connectivity index (χ1n) is 8.98. The molecule has 0 amide bonds. The van der Waals surface area contributed by atoms with Crippen molar-refractivity contribution in [2.45, 2.75) is 13.0 Å². The van der Waals surface area contributed by atoms with Crippen LogP contribution in [0.15, 0.2) is 45.3 Å². The molecule has 0 saturated carbocycles. The van der Waals surface area contributed by atoms with Crippen molar-refractivity contribution in [2.24, 2.45) is 0 Å². The van der Waals surface area contributed by atoms with Crippen molar-refractivity contribution in [2.75, 3.05) is 45.9 Å². The Morgan fingerprint density at radius 2 is 1.85 bits per heavy atom. The molecule has 138 valence electrons. The fourth-order valence-electron chi connectivity index (χ4n) is 3.04. The van der Waals surface area contributed by atoms with Gasteiger partial charge in [0, 0.05) is 49.2 Å². The van der Waals surface area contributed by atoms with Crippen LogP contribution >= 0.6 is 15.9 Å². The monoisotopic (exact) mass is 417 g/mol. The molecule has 0 aliphatic carbocycles. The molecular weight excluding hydrogens is 394 g/mol. The molecule has 0 bridgehead atoms. The summed E-state index contributed by atoms with van der Waals surface area (Å²) < 4.78 is 12.5. The van der Waals surface area contributed by atoms with Crippen molar-refractivity contribution < 1.29 is 9.15 Å². The van der Waals surface area contributed by atoms with E-state index in [1.807, 2.05) is 36.4 Å². The second-order valence-electron chi connectivity index (χ2n) is 6.41. The minimum atomic E-state index is 0.531. The van der Waals surface area contributed by atoms with E-state index in [0.717, 1.165) is 74.0 Å². The van der Waals surface area contributed by atoms with Gasteiger partial charge in [-0.1, -0.05) is 28.1 Å². The molecule has 1 aliphatic rings. The Kier molecular flexibility index (Phi) is 7.27. The molecule has 1 saturated heterocycles. The fourth-order valence-corrected chi connectivity index (χ4v) is 3.30. The van der Waals surface area contributed by atoms with Crippen molar-refractivity contribution in [3.63, 3.8) is 0 Å². The number of hydrogen-bond donors (Lipinski definition) is 0. The number of nitrogens with zero attached hydrogens (tertiary/aromatic N) is 3. The molecule has 3 rings (SSSR count). The zero-order valence-electron chi connectivity index (χ0n) is 14.9. The van der Waals surface area contributed by atoms with E-state index in [4.69, 9.17) is 14.4 Å². The molecule has 1 aliphatic heterocycles. The first-order valence-corrected chi connectivity index (χ1v) is 9.78. The highest BCUT2D eigenvalue weighted by molar-refractivity contribution is 9.10. The Hall–Kier alpha value is -1.65. The van der Waals surface area contributed by atoms with Crippen LogP contribution in [-0.4, -0.2) is 55.7 Å². The molecule has 1 fully saturated rings. The van der Waals surface area contributed by atoms with Crippen molar-refractivity contribution >= 4 is 15.9 Å². The highest BCUT2D eigenvalue weighted by Crippen LogP contribution is 2.24. The first kappa shape index (κ1) is 19.1. The Balaban J connectivity index is 1.59. The molecule has 6 heteroatoms. The standard InChI is InChI=1S/C20H24BrN3O2/c21-18-4-2-17(3-5-18)20-7-6-19(26-20)16-24(9-1-8-22)11-10-23-12-14-25-15-13-23/h2-7H,1,9-16H2. The van der Waals surface area contributed by atoms with Crippen molar-refractivity contribution in [1.82, 2.24) is 9.80 Å². The quantitative estimate of drug-likeness (QED) is 0.654. The summed E-state index contributed by atoms with van der Waals surface area (Å²) in [5.74, 6) is 1.81. The van der Waals surface area contributed by atoms with Crippen LogP contribution in [0.25, 0.3) is 11.3 Å². The fraction of sp³-hybridized carbons (Fsp3) is 0.450. The van der Waals surface area contributed by atoms with Crippen LogP contribution in [0.2, 0.25) is 0 Å². The summed E-state index contributed by atoms with van der Waals surface area (Å²) in [4.78, 5) is 4.71. The van der Waals surface area contributed by atoms with Crippen LogP contribution in [0, 0.1) is 11.3 Å². The second-order valence-corrected chi connectivity index (χ2v) is 7.33. The summed E-state index contributed by atoms with van der Waals surface area (Å²) in [6.45, 7) is 7.00. The summed E-state index contributed by atoms with van der Waals surface area (Å²) in [6.07, 6.45) is 0.531. The van der Waals surface area contributed by atoms with Crippen LogP contribution in [-0.2, 0) is 11.3 Å². The SMILES string of the molecule is N#CCCN(CCN1CCOCC1)Cc1ccc(-c2ccc(Br)cc2)o1. The molecule has 2 aromatic rings. The van der Waals surface area contributed by atoms with Gasteiger partial charge >= 0.3 is 0 Å². The zero-order chi connectivity index (χ0) is 18.2. The van der Waals surface area contributed by atoms with E-state index in [9.17, 15) is 0 Å². The van der Waals surface area contributed by atoms with Crippen molar-refractivity contribution in [3.05, 3.63) is 46.6 Å². The molecule has 0 atom stereocenters. The lowest BCUT2D eigenvalue weighted by Gasteiger charge is -2.29. The van der Waals surface area contributed by atoms with Crippen LogP contribution in [0.1, 0.15) is 12.2 Å². The summed E-state index contributed by atoms with van der Waals surface area (Å²) in [7, 11) is 0. The van der Waals surface area contributed by atoms with Crippen LogP contribution in [0.4, 0.5) is 0 Å². The van der Waals surface area contributed by atoms with Gasteiger partial charge in [-0.2, -0.15) is 5.26 Å². The summed E-state index contributed by atoms with van der Waals surface area (Å²) in [5, 5.41) is 8.94. The lowest BCUT2D eigenvalue weighted by Crippen LogP contribution is -2.41. The number of hydrogen-bond acceptors (Lipinski definition) is 5. The molecule has 0 spiro atoms. The van der Waals surface area contributed by atoms with E-state index in [1.165, 1.54) is 0 Å². The maximum atomic E-state index is 8.94. The molecule has 5 nitrogen and oxygen atoms in total. The molecule has 0 unspecified atom stereocenters. The molecule has 0 N–H and O–H groups in total. The molecule has 2 heterocycles. The number of halogens is 1. The van der Waals surface area contributed by atoms with Crippen molar-refractivity contribution in [3.8, 4) is 17.4 Å². The van der Waals surface area contributed by atoms with Gasteiger partial charge in [-0.3, -0.25) is 9.80 Å². The van der Waals surface area contributed by atoms with Gasteiger partial charge in [0.15, 0.2) is 0 Å². The van der Waals surface area contributed by atoms with Gasteiger partial charge in [0.05, 0.1) is 25.8 Å². The van der Waals surface area contributed by atoms with Crippen LogP contribution < -0.4 is 0 Å². The Labute approximate surface area is 163 Å². The largest absolute Gasteiger partial charge is 0.460 e. The number of rotatable bonds is 8. The summed E-state index contributed by atoms with van der Waals surface area (Å²) in [6, 6.07) is 14.4. The maximum absolute atomic E-state index is 8.94. The highest BCUT2D eigenvalue weighted by Gasteiger charge is 2.14. The highest BCUT2D eigenvalue weighted by atomic mass is 79.9. The predicted octanol–water partition coefficient (Wildman–Crippen LogP) is 3.76. The second kappa shape index (κ2) is 9.89. The molecule has 0 radical (unpaired) electrons. The first-order chi connectivity index (χ1) is 12.7. The molecule has 1 aromatic carbocycles. The average molecular weight is 418 g/mol. The predicted molar refractivity (Wildman–Crippen MR) is 105 cm³/mol. The van der Waals surface area contributed by atoms with Gasteiger partial charge in [-0.15, -0.1) is 0 Å². The summed E-state index contributed by atoms with van der Waals surface area (Å²) >= 11 is 3.45. The zero-order valence-corrected chi connectivity index (χ0v) is 16.5. The number of furan rings is 1. The lowest BCUT2D eigenvalue weighted by molar-refractivity contribution is 0.0327. The van der Waals surface area contributed by atoms with E-state index in [0.29, 0.717) is 6.42 Å². The van der Waals surface area contributed by atoms with Gasteiger partial charge in [-0.05, 0) is 24.3 Å². The van der Waals surface area contributed by atoms with E-state index in [2.05, 4.69) is 31.8 Å². The minimum Gasteiger partial charge on any atom is -0.460 e. The van der Waals surface area contributed by atoms with E-state index < -0.39 is 0 Å². The van der Waals surface area contributed by atoms with Gasteiger partial charge < -0.3 is 9.15 Å². The summed E-state index contributed by atoms with van der Waals surface area (Å²) in [5.41, 5.74) is 1.07. The maximum Gasteiger partial charge on any atom is 0.134 e. The molecule has 1 aromatic heterocycles. The Morgan fingerprint density at radius 3 is 2.58 bits per heavy atom. The number of morpholine rings is 1. The Morgan fingerprint density at radius 1 is 1.08 bits per heavy atom. The average Bonchev–Trinajstić information content (AvgIpc) is 3.14. The lowest BCUT2D eigenvalue weighted by atomic mass is 10.2. The van der Waals surface area contributed by atoms with Crippen molar-refractivity contribution in [1.29, 1.82) is 5.26 Å². The minimum absolute atomic E-state index is 0.531. The van der Waals surface area contributed by atoms with Crippen LogP contribution in [0.3, 0.4) is 0 Å². The molecule has 26 heavy (non-hydrogen) atoms. The topological polar surface area (TPSA) is 52.6 Å². The van der Waals surface area contributed by atoms with Gasteiger partial charge in [0.2, 0.25) is 0 Å². The van der Waals surface area contributed by atoms with E-state index >= 15 is 0 Å². The third kappa shape index (κ3) is 5.68. The Bertz CT molecular complexity index is 717. The van der Waals surface area contributed by atoms with Gasteiger partial charge in [0.1, 0.15) is 11.5 Å². The van der Waals surface area contributed by atoms with E-state index in [1.54, 1.807) is 0 Å². The third-order valence-corrected chi connectivity index (χ3v) is 5.07. The molecular formula is C20H24BrN3O2. The van der Waals surface area contributed by atoms with Crippen LogP contribution in [0.5, 0.6) is 0 Å². The number of ether oxygens (including phenoxy) is 1. The van der Waals surface area contributed by atoms with Gasteiger partial charge in [-0.25, -0.2) is 0 Å². The number of nitriles is 1.